The molecule has 0 aromatic carbocycles. The molecule has 2 heterocycles. The summed E-state index contributed by atoms with van der Waals surface area (Å²) in [4.78, 5) is 6.36. The quantitative estimate of drug-likeness (QED) is 0.874. The highest BCUT2D eigenvalue weighted by molar-refractivity contribution is 5.53. The van der Waals surface area contributed by atoms with Crippen LogP contribution in [0.4, 0.5) is 11.5 Å². The molecule has 2 N–H and O–H groups in total. The minimum absolute atomic E-state index is 0.563. The van der Waals surface area contributed by atoms with Gasteiger partial charge in [-0.15, -0.1) is 0 Å². The molecule has 4 heteroatoms. The van der Waals surface area contributed by atoms with Gasteiger partial charge in [-0.2, -0.15) is 0 Å². The number of aromatic nitrogens is 1. The van der Waals surface area contributed by atoms with Crippen molar-refractivity contribution in [1.29, 1.82) is 0 Å². The summed E-state index contributed by atoms with van der Waals surface area (Å²) < 4.78 is 5.41. The Bertz CT molecular complexity index is 491. The van der Waals surface area contributed by atoms with Gasteiger partial charge >= 0.3 is 0 Å². The van der Waals surface area contributed by atoms with Gasteiger partial charge in [-0.1, -0.05) is 0 Å². The van der Waals surface area contributed by atoms with E-state index in [1.807, 2.05) is 24.3 Å². The Balaban J connectivity index is 1.85. The van der Waals surface area contributed by atoms with Crippen molar-refractivity contribution in [2.75, 3.05) is 10.6 Å². The van der Waals surface area contributed by atoms with Crippen LogP contribution in [0.3, 0.4) is 0 Å². The molecule has 1 saturated carbocycles. The number of furan rings is 1. The highest BCUT2D eigenvalue weighted by Gasteiger charge is 2.29. The van der Waals surface area contributed by atoms with E-state index in [1.165, 1.54) is 12.8 Å². The van der Waals surface area contributed by atoms with Gasteiger partial charge in [0, 0.05) is 24.0 Å². The van der Waals surface area contributed by atoms with Gasteiger partial charge in [0.15, 0.2) is 0 Å². The lowest BCUT2D eigenvalue weighted by Gasteiger charge is -2.23. The van der Waals surface area contributed by atoms with E-state index >= 15 is 0 Å². The molecule has 4 nitrogen and oxygen atoms in total. The molecule has 2 aromatic heterocycles. The number of hydrogen-bond donors (Lipinski definition) is 1. The molecular weight excluding hydrogens is 214 g/mol. The van der Waals surface area contributed by atoms with Crippen LogP contribution in [0, 0.1) is 0 Å². The molecule has 0 bridgehead atoms. The molecule has 0 atom stereocenters. The lowest BCUT2D eigenvalue weighted by atomic mass is 10.3. The molecule has 3 rings (SSSR count). The van der Waals surface area contributed by atoms with Crippen molar-refractivity contribution in [1.82, 2.24) is 4.98 Å². The van der Waals surface area contributed by atoms with Crippen LogP contribution in [0.2, 0.25) is 0 Å². The summed E-state index contributed by atoms with van der Waals surface area (Å²) >= 11 is 0. The predicted molar refractivity (Wildman–Crippen MR) is 66.6 cm³/mol. The first-order chi connectivity index (χ1) is 8.33. The van der Waals surface area contributed by atoms with Crippen molar-refractivity contribution in [2.24, 2.45) is 0 Å². The largest absolute Gasteiger partial charge is 0.467 e. The number of anilines is 2. The Morgan fingerprint density at radius 3 is 2.94 bits per heavy atom. The first-order valence-electron chi connectivity index (χ1n) is 5.83. The average molecular weight is 229 g/mol. The van der Waals surface area contributed by atoms with E-state index in [2.05, 4.69) is 9.88 Å². The Hall–Kier alpha value is -1.97. The highest BCUT2D eigenvalue weighted by Crippen LogP contribution is 2.33. The zero-order valence-electron chi connectivity index (χ0n) is 9.54. The van der Waals surface area contributed by atoms with Crippen molar-refractivity contribution in [3.63, 3.8) is 0 Å². The summed E-state index contributed by atoms with van der Waals surface area (Å²) in [5.74, 6) is 1.54. The van der Waals surface area contributed by atoms with E-state index in [-0.39, 0.29) is 0 Å². The van der Waals surface area contributed by atoms with Gasteiger partial charge in [0.2, 0.25) is 0 Å². The number of pyridine rings is 1. The van der Waals surface area contributed by atoms with E-state index in [0.717, 1.165) is 18.0 Å². The molecule has 0 aliphatic heterocycles. The average Bonchev–Trinajstić information content (AvgIpc) is 3.03. The smallest absolute Gasteiger partial charge is 0.125 e. The maximum atomic E-state index is 5.73. The maximum absolute atomic E-state index is 5.73. The molecule has 0 spiro atoms. The molecule has 0 saturated heterocycles. The number of rotatable bonds is 4. The van der Waals surface area contributed by atoms with Gasteiger partial charge in [0.1, 0.15) is 11.6 Å². The van der Waals surface area contributed by atoms with E-state index in [0.29, 0.717) is 11.9 Å². The van der Waals surface area contributed by atoms with Crippen LogP contribution >= 0.6 is 0 Å². The second-order valence-electron chi connectivity index (χ2n) is 4.38. The fraction of sp³-hybridized carbons (Fsp3) is 0.308. The van der Waals surface area contributed by atoms with Gasteiger partial charge in [-0.05, 0) is 31.0 Å². The molecule has 2 aromatic rings. The first-order valence-corrected chi connectivity index (χ1v) is 5.83. The van der Waals surface area contributed by atoms with Crippen LogP contribution in [0.15, 0.2) is 41.1 Å². The van der Waals surface area contributed by atoms with E-state index in [4.69, 9.17) is 10.2 Å². The molecular formula is C13H15N3O. The van der Waals surface area contributed by atoms with E-state index < -0.39 is 0 Å². The zero-order valence-corrected chi connectivity index (χ0v) is 9.54. The van der Waals surface area contributed by atoms with Crippen molar-refractivity contribution in [3.8, 4) is 0 Å². The van der Waals surface area contributed by atoms with Gasteiger partial charge in [0.25, 0.3) is 0 Å². The zero-order chi connectivity index (χ0) is 11.7. The van der Waals surface area contributed by atoms with E-state index in [1.54, 1.807) is 12.5 Å². The minimum Gasteiger partial charge on any atom is -0.467 e. The summed E-state index contributed by atoms with van der Waals surface area (Å²) in [5, 5.41) is 0. The lowest BCUT2D eigenvalue weighted by Crippen LogP contribution is -2.24. The van der Waals surface area contributed by atoms with Gasteiger partial charge in [-0.25, -0.2) is 4.98 Å². The normalized spacial score (nSPS) is 14.8. The maximum Gasteiger partial charge on any atom is 0.125 e. The van der Waals surface area contributed by atoms with Crippen molar-refractivity contribution < 1.29 is 4.42 Å². The molecule has 17 heavy (non-hydrogen) atoms. The van der Waals surface area contributed by atoms with Crippen LogP contribution in [0.5, 0.6) is 0 Å². The molecule has 0 radical (unpaired) electrons. The number of nitrogens with two attached hydrogens (primary N) is 1. The van der Waals surface area contributed by atoms with Gasteiger partial charge < -0.3 is 15.1 Å². The Kier molecular flexibility index (Phi) is 2.48. The number of nitrogens with zero attached hydrogens (tertiary/aromatic N) is 2. The van der Waals surface area contributed by atoms with Crippen LogP contribution in [0.25, 0.3) is 0 Å². The van der Waals surface area contributed by atoms with Gasteiger partial charge in [-0.3, -0.25) is 0 Å². The number of hydrogen-bond acceptors (Lipinski definition) is 4. The van der Waals surface area contributed by atoms with Crippen molar-refractivity contribution in [2.45, 2.75) is 25.4 Å². The topological polar surface area (TPSA) is 55.3 Å². The Morgan fingerprint density at radius 1 is 1.41 bits per heavy atom. The molecule has 1 aliphatic rings. The third kappa shape index (κ3) is 2.25. The number of nitrogen functional groups attached to an aromatic ring is 1. The van der Waals surface area contributed by atoms with Crippen LogP contribution in [-0.4, -0.2) is 11.0 Å². The minimum atomic E-state index is 0.563. The van der Waals surface area contributed by atoms with Crippen LogP contribution < -0.4 is 10.6 Å². The Morgan fingerprint density at radius 2 is 2.29 bits per heavy atom. The third-order valence-electron chi connectivity index (χ3n) is 2.99. The van der Waals surface area contributed by atoms with Gasteiger partial charge in [0.05, 0.1) is 12.8 Å². The molecule has 1 fully saturated rings. The Labute approximate surface area is 100 Å². The summed E-state index contributed by atoms with van der Waals surface area (Å²) in [6.45, 7) is 0.793. The highest BCUT2D eigenvalue weighted by atomic mass is 16.3. The standard InChI is InChI=1S/C13H15N3O/c14-13-8-11(5-6-15-13)16(10-3-4-10)9-12-2-1-7-17-12/h1-2,5-8,10H,3-4,9H2,(H2,14,15). The van der Waals surface area contributed by atoms with Crippen LogP contribution in [0.1, 0.15) is 18.6 Å². The van der Waals surface area contributed by atoms with Crippen LogP contribution in [-0.2, 0) is 6.54 Å². The molecule has 1 aliphatic carbocycles. The van der Waals surface area contributed by atoms with Crippen molar-refractivity contribution >= 4 is 11.5 Å². The molecule has 0 unspecified atom stereocenters. The summed E-state index contributed by atoms with van der Waals surface area (Å²) in [5.41, 5.74) is 6.85. The SMILES string of the molecule is Nc1cc(N(Cc2ccco2)C2CC2)ccn1. The van der Waals surface area contributed by atoms with Crippen molar-refractivity contribution in [3.05, 3.63) is 42.5 Å². The lowest BCUT2D eigenvalue weighted by molar-refractivity contribution is 0.501. The monoisotopic (exact) mass is 229 g/mol. The van der Waals surface area contributed by atoms with E-state index in [9.17, 15) is 0 Å². The molecule has 88 valence electrons. The summed E-state index contributed by atoms with van der Waals surface area (Å²) in [7, 11) is 0. The predicted octanol–water partition coefficient (Wildman–Crippen LogP) is 2.43. The fourth-order valence-electron chi connectivity index (χ4n) is 2.00. The summed E-state index contributed by atoms with van der Waals surface area (Å²) in [6, 6.07) is 8.45. The molecule has 0 amide bonds. The second-order valence-corrected chi connectivity index (χ2v) is 4.38. The summed E-state index contributed by atoms with van der Waals surface area (Å²) in [6.07, 6.45) is 5.94. The fourth-order valence-corrected chi connectivity index (χ4v) is 2.00. The second kappa shape index (κ2) is 4.13. The third-order valence-corrected chi connectivity index (χ3v) is 2.99. The first kappa shape index (κ1) is 10.2.